The van der Waals surface area contributed by atoms with Crippen molar-refractivity contribution >= 4 is 11.6 Å². The van der Waals surface area contributed by atoms with Crippen LogP contribution in [0.15, 0.2) is 6.07 Å². The minimum Gasteiger partial charge on any atom is -0.239 e. The van der Waals surface area contributed by atoms with Gasteiger partial charge in [-0.1, -0.05) is 18.0 Å². The van der Waals surface area contributed by atoms with Gasteiger partial charge in [-0.2, -0.15) is 5.26 Å². The second kappa shape index (κ2) is 3.46. The molecule has 82 valence electrons. The number of hydrogen-bond acceptors (Lipinski definition) is 2. The predicted octanol–water partition coefficient (Wildman–Crippen LogP) is 3.36. The van der Waals surface area contributed by atoms with E-state index in [0.29, 0.717) is 16.1 Å². The molecule has 1 aromatic heterocycles. The number of aryl methyl sites for hydroxylation is 1. The Kier molecular flexibility index (Phi) is 2.19. The predicted molar refractivity (Wildman–Crippen MR) is 62.4 cm³/mol. The maximum Gasteiger partial charge on any atom is 0.147 e. The summed E-state index contributed by atoms with van der Waals surface area (Å²) < 4.78 is 0. The molecule has 0 N–H and O–H groups in total. The molecule has 1 fully saturated rings. The molecule has 16 heavy (non-hydrogen) atoms. The number of aromatic nitrogens is 1. The zero-order valence-electron chi connectivity index (χ0n) is 9.09. The van der Waals surface area contributed by atoms with E-state index in [0.717, 1.165) is 6.42 Å². The molecule has 0 radical (unpaired) electrons. The van der Waals surface area contributed by atoms with Gasteiger partial charge in [-0.3, -0.25) is 0 Å². The lowest BCUT2D eigenvalue weighted by molar-refractivity contribution is 0.201. The first kappa shape index (κ1) is 10.1. The average molecular weight is 233 g/mol. The van der Waals surface area contributed by atoms with Crippen LogP contribution in [0.1, 0.15) is 48.9 Å². The maximum atomic E-state index is 8.95. The summed E-state index contributed by atoms with van der Waals surface area (Å²) in [6, 6.07) is 4.06. The Labute approximate surface area is 100 Å². The highest BCUT2D eigenvalue weighted by Crippen LogP contribution is 2.50. The smallest absolute Gasteiger partial charge is 0.147 e. The minimum atomic E-state index is 0.311. The zero-order valence-corrected chi connectivity index (χ0v) is 9.85. The van der Waals surface area contributed by atoms with Gasteiger partial charge in [0.15, 0.2) is 0 Å². The molecule has 2 aliphatic rings. The first-order valence-corrected chi connectivity index (χ1v) is 6.23. The maximum absolute atomic E-state index is 8.95. The molecule has 1 saturated carbocycles. The highest BCUT2D eigenvalue weighted by Gasteiger charge is 2.43. The molecule has 0 amide bonds. The van der Waals surface area contributed by atoms with Crippen molar-refractivity contribution in [3.8, 4) is 6.07 Å². The van der Waals surface area contributed by atoms with E-state index in [4.69, 9.17) is 16.9 Å². The van der Waals surface area contributed by atoms with E-state index in [9.17, 15) is 0 Å². The quantitative estimate of drug-likeness (QED) is 0.643. The molecule has 0 atom stereocenters. The summed E-state index contributed by atoms with van der Waals surface area (Å²) in [5, 5.41) is 9.33. The highest BCUT2D eigenvalue weighted by molar-refractivity contribution is 6.30. The standard InChI is InChI=1S/C13H13ClN2/c14-12-10(8-15)7-9-3-1-4-13(5-2-6-13)11(9)16-12/h7H,1-6H2. The van der Waals surface area contributed by atoms with E-state index >= 15 is 0 Å². The van der Waals surface area contributed by atoms with Gasteiger partial charge < -0.3 is 0 Å². The van der Waals surface area contributed by atoms with Gasteiger partial charge in [0.25, 0.3) is 0 Å². The van der Waals surface area contributed by atoms with Crippen molar-refractivity contribution in [3.63, 3.8) is 0 Å². The van der Waals surface area contributed by atoms with Crippen LogP contribution in [0.2, 0.25) is 5.15 Å². The van der Waals surface area contributed by atoms with Crippen LogP contribution >= 0.6 is 11.6 Å². The molecule has 2 nitrogen and oxygen atoms in total. The molecule has 0 aliphatic heterocycles. The van der Waals surface area contributed by atoms with Crippen LogP contribution in [0, 0.1) is 11.3 Å². The minimum absolute atomic E-state index is 0.311. The van der Waals surface area contributed by atoms with E-state index in [-0.39, 0.29) is 0 Å². The summed E-state index contributed by atoms with van der Waals surface area (Å²) in [6.07, 6.45) is 7.32. The summed E-state index contributed by atoms with van der Waals surface area (Å²) in [5.74, 6) is 0. The van der Waals surface area contributed by atoms with Crippen molar-refractivity contribution in [2.75, 3.05) is 0 Å². The Balaban J connectivity index is 2.15. The molecule has 2 aliphatic carbocycles. The fourth-order valence-electron chi connectivity index (χ4n) is 3.09. The number of halogens is 1. The van der Waals surface area contributed by atoms with Crippen LogP contribution in [0.3, 0.4) is 0 Å². The van der Waals surface area contributed by atoms with Gasteiger partial charge in [-0.15, -0.1) is 0 Å². The van der Waals surface area contributed by atoms with E-state index in [1.165, 1.54) is 43.4 Å². The number of hydrogen-bond donors (Lipinski definition) is 0. The summed E-state index contributed by atoms with van der Waals surface area (Å²) in [6.45, 7) is 0. The number of nitriles is 1. The Morgan fingerprint density at radius 3 is 2.69 bits per heavy atom. The average Bonchev–Trinajstić information content (AvgIpc) is 2.25. The number of fused-ring (bicyclic) bond motifs is 2. The molecule has 0 unspecified atom stereocenters. The van der Waals surface area contributed by atoms with Crippen LogP contribution in [0.25, 0.3) is 0 Å². The van der Waals surface area contributed by atoms with Crippen LogP contribution < -0.4 is 0 Å². The normalized spacial score (nSPS) is 21.0. The lowest BCUT2D eigenvalue weighted by atomic mass is 9.60. The SMILES string of the molecule is N#Cc1cc2c(nc1Cl)C1(CCC2)CCC1. The molecule has 3 rings (SSSR count). The molecule has 0 aromatic carbocycles. The van der Waals surface area contributed by atoms with Gasteiger partial charge >= 0.3 is 0 Å². The van der Waals surface area contributed by atoms with Crippen molar-refractivity contribution < 1.29 is 0 Å². The van der Waals surface area contributed by atoms with Gasteiger partial charge in [-0.25, -0.2) is 4.98 Å². The highest BCUT2D eigenvalue weighted by atomic mass is 35.5. The van der Waals surface area contributed by atoms with Crippen molar-refractivity contribution in [1.29, 1.82) is 5.26 Å². The summed E-state index contributed by atoms with van der Waals surface area (Å²) in [7, 11) is 0. The van der Waals surface area contributed by atoms with Gasteiger partial charge in [0, 0.05) is 5.41 Å². The monoisotopic (exact) mass is 232 g/mol. The molecule has 0 bridgehead atoms. The largest absolute Gasteiger partial charge is 0.239 e. The third-order valence-corrected chi connectivity index (χ3v) is 4.38. The van der Waals surface area contributed by atoms with Gasteiger partial charge in [0.1, 0.15) is 11.2 Å². The van der Waals surface area contributed by atoms with E-state index in [2.05, 4.69) is 11.1 Å². The molecule has 3 heteroatoms. The summed E-state index contributed by atoms with van der Waals surface area (Å²) >= 11 is 6.04. The summed E-state index contributed by atoms with van der Waals surface area (Å²) in [4.78, 5) is 4.50. The zero-order chi connectivity index (χ0) is 11.2. The van der Waals surface area contributed by atoms with Crippen molar-refractivity contribution in [3.05, 3.63) is 28.0 Å². The number of nitrogens with zero attached hydrogens (tertiary/aromatic N) is 2. The van der Waals surface area contributed by atoms with Crippen molar-refractivity contribution in [2.45, 2.75) is 43.9 Å². The van der Waals surface area contributed by atoms with E-state index < -0.39 is 0 Å². The lowest BCUT2D eigenvalue weighted by Gasteiger charge is -2.45. The topological polar surface area (TPSA) is 36.7 Å². The Morgan fingerprint density at radius 2 is 2.06 bits per heavy atom. The molecule has 0 saturated heterocycles. The second-order valence-corrected chi connectivity index (χ2v) is 5.29. The van der Waals surface area contributed by atoms with E-state index in [1.807, 2.05) is 6.07 Å². The fraction of sp³-hybridized carbons (Fsp3) is 0.538. The van der Waals surface area contributed by atoms with Gasteiger partial charge in [-0.05, 0) is 43.7 Å². The van der Waals surface area contributed by atoms with Crippen molar-refractivity contribution in [2.24, 2.45) is 0 Å². The van der Waals surface area contributed by atoms with Crippen molar-refractivity contribution in [1.82, 2.24) is 4.98 Å². The lowest BCUT2D eigenvalue weighted by Crippen LogP contribution is -2.38. The molecular formula is C13H13ClN2. The molecular weight excluding hydrogens is 220 g/mol. The molecule has 1 aromatic rings. The summed E-state index contributed by atoms with van der Waals surface area (Å²) in [5.41, 5.74) is 3.28. The van der Waals surface area contributed by atoms with Crippen LogP contribution in [-0.4, -0.2) is 4.98 Å². The molecule has 1 spiro atoms. The first-order chi connectivity index (χ1) is 7.75. The third-order valence-electron chi connectivity index (χ3n) is 4.09. The Hall–Kier alpha value is -1.07. The fourth-order valence-corrected chi connectivity index (χ4v) is 3.27. The van der Waals surface area contributed by atoms with Crippen LogP contribution in [0.5, 0.6) is 0 Å². The first-order valence-electron chi connectivity index (χ1n) is 5.85. The van der Waals surface area contributed by atoms with Gasteiger partial charge in [0.05, 0.1) is 11.3 Å². The van der Waals surface area contributed by atoms with Crippen LogP contribution in [-0.2, 0) is 11.8 Å². The third kappa shape index (κ3) is 1.28. The van der Waals surface area contributed by atoms with Gasteiger partial charge in [0.2, 0.25) is 0 Å². The Morgan fingerprint density at radius 1 is 1.31 bits per heavy atom. The number of pyridine rings is 1. The van der Waals surface area contributed by atoms with E-state index in [1.54, 1.807) is 0 Å². The van der Waals surface area contributed by atoms with Crippen LogP contribution in [0.4, 0.5) is 0 Å². The second-order valence-electron chi connectivity index (χ2n) is 4.93. The number of rotatable bonds is 0. The Bertz CT molecular complexity index is 483. The molecule has 1 heterocycles.